The van der Waals surface area contributed by atoms with Crippen molar-refractivity contribution in [3.63, 3.8) is 0 Å². The summed E-state index contributed by atoms with van der Waals surface area (Å²) in [6.45, 7) is 11.5. The fourth-order valence-corrected chi connectivity index (χ4v) is 2.75. The second-order valence-electron chi connectivity index (χ2n) is 6.71. The zero-order valence-corrected chi connectivity index (χ0v) is 11.9. The van der Waals surface area contributed by atoms with E-state index in [0.29, 0.717) is 11.5 Å². The average molecular weight is 227 g/mol. The normalized spacial score (nSPS) is 30.8. The van der Waals surface area contributed by atoms with Crippen molar-refractivity contribution >= 4 is 0 Å². The number of rotatable bonds is 3. The molecule has 0 aromatic heterocycles. The Morgan fingerprint density at radius 3 is 2.44 bits per heavy atom. The second kappa shape index (κ2) is 4.66. The van der Waals surface area contributed by atoms with Gasteiger partial charge in [0.25, 0.3) is 0 Å². The Kier molecular flexibility index (Phi) is 4.07. The van der Waals surface area contributed by atoms with Crippen LogP contribution in [0.5, 0.6) is 0 Å². The monoisotopic (exact) mass is 227 g/mol. The summed E-state index contributed by atoms with van der Waals surface area (Å²) in [5.74, 6) is 0. The molecule has 0 heterocycles. The smallest absolute Gasteiger partial charge is 0.0555 e. The van der Waals surface area contributed by atoms with Crippen molar-refractivity contribution in [3.05, 3.63) is 0 Å². The molecule has 2 nitrogen and oxygen atoms in total. The molecule has 1 N–H and O–H groups in total. The third kappa shape index (κ3) is 2.78. The van der Waals surface area contributed by atoms with Gasteiger partial charge in [-0.2, -0.15) is 0 Å². The standard InChI is InChI=1S/C14H29NO/c1-7-14(4,5)15(6)12-10-11(16)8-9-13(12,2)3/h11-12,16H,7-10H2,1-6H3. The van der Waals surface area contributed by atoms with Gasteiger partial charge in [-0.3, -0.25) is 4.90 Å². The molecule has 0 bridgehead atoms. The lowest BCUT2D eigenvalue weighted by Gasteiger charge is -2.51. The summed E-state index contributed by atoms with van der Waals surface area (Å²) in [6.07, 6.45) is 4.06. The van der Waals surface area contributed by atoms with Crippen LogP contribution in [0.15, 0.2) is 0 Å². The molecule has 1 aliphatic rings. The first kappa shape index (κ1) is 14.0. The summed E-state index contributed by atoms with van der Waals surface area (Å²) < 4.78 is 0. The quantitative estimate of drug-likeness (QED) is 0.801. The number of aliphatic hydroxyl groups excluding tert-OH is 1. The van der Waals surface area contributed by atoms with Crippen LogP contribution in [0.2, 0.25) is 0 Å². The lowest BCUT2D eigenvalue weighted by Crippen LogP contribution is -2.55. The molecule has 96 valence electrons. The van der Waals surface area contributed by atoms with Gasteiger partial charge in [0.1, 0.15) is 0 Å². The molecule has 1 rings (SSSR count). The van der Waals surface area contributed by atoms with E-state index < -0.39 is 0 Å². The van der Waals surface area contributed by atoms with Crippen LogP contribution in [0.25, 0.3) is 0 Å². The minimum absolute atomic E-state index is 0.104. The molecule has 0 aliphatic heterocycles. The first-order valence-electron chi connectivity index (χ1n) is 6.61. The van der Waals surface area contributed by atoms with Gasteiger partial charge in [0.15, 0.2) is 0 Å². The molecule has 2 heteroatoms. The number of aliphatic hydroxyl groups is 1. The number of nitrogens with zero attached hydrogens (tertiary/aromatic N) is 1. The average Bonchev–Trinajstić information content (AvgIpc) is 2.20. The summed E-state index contributed by atoms with van der Waals surface area (Å²) >= 11 is 0. The van der Waals surface area contributed by atoms with Gasteiger partial charge >= 0.3 is 0 Å². The molecule has 0 saturated heterocycles. The maximum atomic E-state index is 9.87. The first-order valence-corrected chi connectivity index (χ1v) is 6.61. The highest BCUT2D eigenvalue weighted by Crippen LogP contribution is 2.40. The van der Waals surface area contributed by atoms with Gasteiger partial charge < -0.3 is 5.11 Å². The Balaban J connectivity index is 2.83. The van der Waals surface area contributed by atoms with Gasteiger partial charge in [-0.1, -0.05) is 20.8 Å². The highest BCUT2D eigenvalue weighted by atomic mass is 16.3. The van der Waals surface area contributed by atoms with E-state index in [4.69, 9.17) is 0 Å². The summed E-state index contributed by atoms with van der Waals surface area (Å²) in [5.41, 5.74) is 0.541. The van der Waals surface area contributed by atoms with Crippen LogP contribution in [0.1, 0.15) is 60.3 Å². The van der Waals surface area contributed by atoms with Crippen molar-refractivity contribution in [2.24, 2.45) is 5.41 Å². The van der Waals surface area contributed by atoms with Crippen LogP contribution in [0.3, 0.4) is 0 Å². The van der Waals surface area contributed by atoms with Crippen molar-refractivity contribution in [1.29, 1.82) is 0 Å². The molecule has 0 amide bonds. The van der Waals surface area contributed by atoms with Crippen LogP contribution < -0.4 is 0 Å². The summed E-state index contributed by atoms with van der Waals surface area (Å²) in [5, 5.41) is 9.87. The van der Waals surface area contributed by atoms with Crippen molar-refractivity contribution in [3.8, 4) is 0 Å². The largest absolute Gasteiger partial charge is 0.393 e. The minimum atomic E-state index is -0.104. The molecule has 0 aromatic rings. The van der Waals surface area contributed by atoms with Gasteiger partial charge in [0.05, 0.1) is 6.10 Å². The highest BCUT2D eigenvalue weighted by molar-refractivity contribution is 4.95. The highest BCUT2D eigenvalue weighted by Gasteiger charge is 2.41. The molecule has 1 fully saturated rings. The van der Waals surface area contributed by atoms with Gasteiger partial charge in [0.2, 0.25) is 0 Å². The zero-order valence-electron chi connectivity index (χ0n) is 11.9. The Bertz CT molecular complexity index is 235. The van der Waals surface area contributed by atoms with E-state index in [-0.39, 0.29) is 11.6 Å². The third-order valence-corrected chi connectivity index (χ3v) is 4.81. The van der Waals surface area contributed by atoms with Crippen molar-refractivity contribution in [1.82, 2.24) is 4.90 Å². The van der Waals surface area contributed by atoms with Gasteiger partial charge in [-0.05, 0) is 52.0 Å². The van der Waals surface area contributed by atoms with E-state index in [1.54, 1.807) is 0 Å². The fraction of sp³-hybridized carbons (Fsp3) is 1.00. The minimum Gasteiger partial charge on any atom is -0.393 e. The molecule has 0 aromatic carbocycles. The molecular formula is C14H29NO. The van der Waals surface area contributed by atoms with Gasteiger partial charge in [-0.15, -0.1) is 0 Å². The van der Waals surface area contributed by atoms with E-state index in [1.807, 2.05) is 0 Å². The molecule has 1 saturated carbocycles. The Labute approximate surface area is 101 Å². The number of hydrogen-bond donors (Lipinski definition) is 1. The molecule has 2 unspecified atom stereocenters. The Morgan fingerprint density at radius 2 is 1.94 bits per heavy atom. The van der Waals surface area contributed by atoms with Crippen LogP contribution in [0.4, 0.5) is 0 Å². The summed E-state index contributed by atoms with van der Waals surface area (Å²) in [7, 11) is 2.22. The second-order valence-corrected chi connectivity index (χ2v) is 6.71. The Morgan fingerprint density at radius 1 is 1.38 bits per heavy atom. The lowest BCUT2D eigenvalue weighted by molar-refractivity contribution is -0.0394. The molecule has 0 radical (unpaired) electrons. The third-order valence-electron chi connectivity index (χ3n) is 4.81. The van der Waals surface area contributed by atoms with Crippen molar-refractivity contribution in [2.45, 2.75) is 78.0 Å². The predicted molar refractivity (Wildman–Crippen MR) is 69.6 cm³/mol. The predicted octanol–water partition coefficient (Wildman–Crippen LogP) is 3.05. The van der Waals surface area contributed by atoms with Crippen LogP contribution in [-0.4, -0.2) is 34.7 Å². The zero-order chi connectivity index (χ0) is 12.6. The van der Waals surface area contributed by atoms with E-state index in [9.17, 15) is 5.11 Å². The van der Waals surface area contributed by atoms with Crippen molar-refractivity contribution in [2.75, 3.05) is 7.05 Å². The molecule has 0 spiro atoms. The summed E-state index contributed by atoms with van der Waals surface area (Å²) in [6, 6.07) is 0.492. The van der Waals surface area contributed by atoms with Crippen LogP contribution in [0, 0.1) is 5.41 Å². The van der Waals surface area contributed by atoms with E-state index >= 15 is 0 Å². The van der Waals surface area contributed by atoms with Crippen molar-refractivity contribution < 1.29 is 5.11 Å². The SMILES string of the molecule is CCC(C)(C)N(C)C1CC(O)CCC1(C)C. The van der Waals surface area contributed by atoms with Crippen LogP contribution >= 0.6 is 0 Å². The molecule has 1 aliphatic carbocycles. The summed E-state index contributed by atoms with van der Waals surface area (Å²) in [4.78, 5) is 2.48. The Hall–Kier alpha value is -0.0800. The van der Waals surface area contributed by atoms with E-state index in [2.05, 4.69) is 46.6 Å². The first-order chi connectivity index (χ1) is 7.20. The fourth-order valence-electron chi connectivity index (χ4n) is 2.75. The molecule has 2 atom stereocenters. The molecular weight excluding hydrogens is 198 g/mol. The van der Waals surface area contributed by atoms with E-state index in [1.165, 1.54) is 0 Å². The van der Waals surface area contributed by atoms with Crippen LogP contribution in [-0.2, 0) is 0 Å². The maximum absolute atomic E-state index is 9.87. The topological polar surface area (TPSA) is 23.5 Å². The van der Waals surface area contributed by atoms with E-state index in [0.717, 1.165) is 25.7 Å². The van der Waals surface area contributed by atoms with Gasteiger partial charge in [-0.25, -0.2) is 0 Å². The molecule has 16 heavy (non-hydrogen) atoms. The number of hydrogen-bond acceptors (Lipinski definition) is 2. The lowest BCUT2D eigenvalue weighted by atomic mass is 9.70. The van der Waals surface area contributed by atoms with Gasteiger partial charge in [0, 0.05) is 11.6 Å². The maximum Gasteiger partial charge on any atom is 0.0555 e.